The number of carboxylic acids is 1. The van der Waals surface area contributed by atoms with Gasteiger partial charge in [-0.15, -0.1) is 0 Å². The number of carboxylic acid groups (broad SMARTS) is 1. The number of rotatable bonds is 35. The summed E-state index contributed by atoms with van der Waals surface area (Å²) in [6.45, 7) is 6.16. The molecular weight excluding hydrogens is 518 g/mol. The molecule has 4 heteroatoms. The molecule has 0 saturated heterocycles. The van der Waals surface area contributed by atoms with E-state index in [1.54, 1.807) is 0 Å². The average molecular weight is 594 g/mol. The molecule has 0 heterocycles. The smallest absolute Gasteiger partial charge is 0.303 e. The quantitative estimate of drug-likeness (QED) is 0.0743. The van der Waals surface area contributed by atoms with Crippen molar-refractivity contribution in [2.75, 3.05) is 13.1 Å². The van der Waals surface area contributed by atoms with Gasteiger partial charge in [0.05, 0.1) is 6.42 Å². The molecule has 250 valence electrons. The van der Waals surface area contributed by atoms with Crippen LogP contribution in [-0.2, 0) is 9.59 Å². The van der Waals surface area contributed by atoms with Crippen molar-refractivity contribution in [3.63, 3.8) is 0 Å². The lowest BCUT2D eigenvalue weighted by molar-refractivity contribution is -0.141. The van der Waals surface area contributed by atoms with Crippen molar-refractivity contribution in [1.82, 2.24) is 4.90 Å². The van der Waals surface area contributed by atoms with Crippen LogP contribution in [0, 0.1) is 0 Å². The minimum Gasteiger partial charge on any atom is -0.481 e. The van der Waals surface area contributed by atoms with E-state index in [0.717, 1.165) is 25.9 Å². The summed E-state index contributed by atoms with van der Waals surface area (Å²) in [7, 11) is 0. The number of carbonyl (C=O) groups excluding carboxylic acids is 1. The van der Waals surface area contributed by atoms with Crippen LogP contribution < -0.4 is 0 Å². The highest BCUT2D eigenvalue weighted by Crippen LogP contribution is 2.16. The Morgan fingerprint density at radius 1 is 0.381 bits per heavy atom. The van der Waals surface area contributed by atoms with Crippen LogP contribution in [0.2, 0.25) is 0 Å². The minimum atomic E-state index is -0.873. The summed E-state index contributed by atoms with van der Waals surface area (Å²) in [6, 6.07) is 0. The molecule has 0 rings (SSSR count). The highest BCUT2D eigenvalue weighted by atomic mass is 16.4. The number of nitrogens with zero attached hydrogens (tertiary/aromatic N) is 1. The van der Waals surface area contributed by atoms with Gasteiger partial charge in [-0.25, -0.2) is 0 Å². The number of carbonyl (C=O) groups is 2. The highest BCUT2D eigenvalue weighted by Gasteiger charge is 2.14. The average Bonchev–Trinajstić information content (AvgIpc) is 2.98. The molecule has 0 atom stereocenters. The number of hydrogen-bond acceptors (Lipinski definition) is 2. The van der Waals surface area contributed by atoms with Crippen molar-refractivity contribution in [2.24, 2.45) is 0 Å². The molecule has 0 saturated carbocycles. The second kappa shape index (κ2) is 34.4. The van der Waals surface area contributed by atoms with Crippen molar-refractivity contribution in [1.29, 1.82) is 0 Å². The first-order valence-electron chi connectivity index (χ1n) is 19.1. The predicted octanol–water partition coefficient (Wildman–Crippen LogP) is 12.4. The number of hydrogen-bond donors (Lipinski definition) is 1. The van der Waals surface area contributed by atoms with E-state index >= 15 is 0 Å². The Morgan fingerprint density at radius 3 is 0.857 bits per heavy atom. The van der Waals surface area contributed by atoms with E-state index in [4.69, 9.17) is 5.11 Å². The van der Waals surface area contributed by atoms with E-state index in [2.05, 4.69) is 13.8 Å². The molecule has 4 nitrogen and oxygen atoms in total. The summed E-state index contributed by atoms with van der Waals surface area (Å²) >= 11 is 0. The zero-order valence-corrected chi connectivity index (χ0v) is 28.8. The van der Waals surface area contributed by atoms with Gasteiger partial charge in [0.15, 0.2) is 0 Å². The largest absolute Gasteiger partial charge is 0.481 e. The third kappa shape index (κ3) is 31.9. The molecule has 0 aromatic rings. The zero-order chi connectivity index (χ0) is 30.8. The summed E-state index contributed by atoms with van der Waals surface area (Å²) in [6.07, 6.45) is 40.4. The van der Waals surface area contributed by atoms with Crippen LogP contribution in [0.15, 0.2) is 0 Å². The molecule has 0 radical (unpaired) electrons. The Morgan fingerprint density at radius 2 is 0.619 bits per heavy atom. The van der Waals surface area contributed by atoms with Gasteiger partial charge in [-0.1, -0.05) is 194 Å². The van der Waals surface area contributed by atoms with Gasteiger partial charge in [-0.3, -0.25) is 9.59 Å². The van der Waals surface area contributed by atoms with Gasteiger partial charge in [0.25, 0.3) is 0 Å². The maximum absolute atomic E-state index is 12.7. The van der Waals surface area contributed by atoms with E-state index in [1.165, 1.54) is 180 Å². The first-order valence-corrected chi connectivity index (χ1v) is 19.1. The molecule has 0 aliphatic rings. The molecular formula is C38H75NO3. The lowest BCUT2D eigenvalue weighted by Crippen LogP contribution is -2.33. The molecule has 0 fully saturated rings. The third-order valence-electron chi connectivity index (χ3n) is 8.97. The SMILES string of the molecule is CCCCCCCCCCCCCCCCCCN(CCCCCCCCCCCCCCCC)C(=O)CCC(=O)O. The lowest BCUT2D eigenvalue weighted by Gasteiger charge is -2.22. The molecule has 0 aliphatic carbocycles. The maximum atomic E-state index is 12.7. The van der Waals surface area contributed by atoms with Crippen LogP contribution in [0.1, 0.15) is 219 Å². The Hall–Kier alpha value is -1.06. The van der Waals surface area contributed by atoms with Crippen LogP contribution >= 0.6 is 0 Å². The third-order valence-corrected chi connectivity index (χ3v) is 8.97. The molecule has 0 unspecified atom stereocenters. The van der Waals surface area contributed by atoms with E-state index in [1.807, 2.05) is 4.90 Å². The first kappa shape index (κ1) is 40.9. The molecule has 0 aromatic heterocycles. The minimum absolute atomic E-state index is 0.0352. The Labute approximate surface area is 263 Å². The van der Waals surface area contributed by atoms with Crippen molar-refractivity contribution >= 4 is 11.9 Å². The number of unbranched alkanes of at least 4 members (excludes halogenated alkanes) is 28. The van der Waals surface area contributed by atoms with Gasteiger partial charge in [0.1, 0.15) is 0 Å². The fraction of sp³-hybridized carbons (Fsp3) is 0.947. The van der Waals surface area contributed by atoms with Crippen LogP contribution in [0.5, 0.6) is 0 Å². The van der Waals surface area contributed by atoms with Gasteiger partial charge in [0.2, 0.25) is 5.91 Å². The summed E-state index contributed by atoms with van der Waals surface area (Å²) in [5.41, 5.74) is 0. The zero-order valence-electron chi connectivity index (χ0n) is 28.8. The van der Waals surface area contributed by atoms with E-state index in [-0.39, 0.29) is 18.7 Å². The summed E-state index contributed by atoms with van der Waals surface area (Å²) in [5, 5.41) is 9.01. The molecule has 0 aliphatic heterocycles. The molecule has 0 aromatic carbocycles. The van der Waals surface area contributed by atoms with Crippen molar-refractivity contribution < 1.29 is 14.7 Å². The summed E-state index contributed by atoms with van der Waals surface area (Å²) in [4.78, 5) is 25.6. The van der Waals surface area contributed by atoms with Gasteiger partial charge < -0.3 is 10.0 Å². The standard InChI is InChI=1S/C38H75NO3/c1-3-5-7-9-11-13-15-17-19-20-22-24-26-28-30-32-36-39(37(40)33-34-38(41)42)35-31-29-27-25-23-21-18-16-14-12-10-8-6-4-2/h3-36H2,1-2H3,(H,41,42). The summed E-state index contributed by atoms with van der Waals surface area (Å²) in [5.74, 6) is -0.838. The van der Waals surface area contributed by atoms with Crippen LogP contribution in [0.3, 0.4) is 0 Å². The topological polar surface area (TPSA) is 57.6 Å². The first-order chi connectivity index (χ1) is 20.6. The normalized spacial score (nSPS) is 11.3. The predicted molar refractivity (Wildman–Crippen MR) is 183 cm³/mol. The monoisotopic (exact) mass is 594 g/mol. The molecule has 1 N–H and O–H groups in total. The van der Waals surface area contributed by atoms with Gasteiger partial charge in [-0.05, 0) is 12.8 Å². The second-order valence-corrected chi connectivity index (χ2v) is 13.2. The fourth-order valence-corrected chi connectivity index (χ4v) is 6.08. The lowest BCUT2D eigenvalue weighted by atomic mass is 10.0. The maximum Gasteiger partial charge on any atom is 0.303 e. The highest BCUT2D eigenvalue weighted by molar-refractivity contribution is 5.80. The van der Waals surface area contributed by atoms with Crippen LogP contribution in [0.4, 0.5) is 0 Å². The molecule has 42 heavy (non-hydrogen) atoms. The van der Waals surface area contributed by atoms with Crippen molar-refractivity contribution in [2.45, 2.75) is 219 Å². The van der Waals surface area contributed by atoms with Gasteiger partial charge >= 0.3 is 5.97 Å². The van der Waals surface area contributed by atoms with E-state index in [0.29, 0.717) is 0 Å². The van der Waals surface area contributed by atoms with Crippen molar-refractivity contribution in [3.05, 3.63) is 0 Å². The Kier molecular flexibility index (Phi) is 33.6. The molecule has 0 spiro atoms. The number of amides is 1. The van der Waals surface area contributed by atoms with Crippen LogP contribution in [-0.4, -0.2) is 35.0 Å². The van der Waals surface area contributed by atoms with E-state index in [9.17, 15) is 9.59 Å². The number of aliphatic carboxylic acids is 1. The fourth-order valence-electron chi connectivity index (χ4n) is 6.08. The van der Waals surface area contributed by atoms with E-state index < -0.39 is 5.97 Å². The van der Waals surface area contributed by atoms with Gasteiger partial charge in [0, 0.05) is 19.5 Å². The Balaban J connectivity index is 3.77. The van der Waals surface area contributed by atoms with Gasteiger partial charge in [-0.2, -0.15) is 0 Å². The van der Waals surface area contributed by atoms with Crippen LogP contribution in [0.25, 0.3) is 0 Å². The summed E-state index contributed by atoms with van der Waals surface area (Å²) < 4.78 is 0. The second-order valence-electron chi connectivity index (χ2n) is 13.2. The van der Waals surface area contributed by atoms with Crippen molar-refractivity contribution in [3.8, 4) is 0 Å². The Bertz CT molecular complexity index is 565. The molecule has 1 amide bonds. The molecule has 0 bridgehead atoms.